The van der Waals surface area contributed by atoms with Gasteiger partial charge in [0.25, 0.3) is 5.56 Å². The van der Waals surface area contributed by atoms with Gasteiger partial charge < -0.3 is 4.90 Å². The minimum absolute atomic E-state index is 0.0643. The summed E-state index contributed by atoms with van der Waals surface area (Å²) in [6.07, 6.45) is 5.86. The van der Waals surface area contributed by atoms with Crippen molar-refractivity contribution < 1.29 is 4.79 Å². The molecule has 0 bridgehead atoms. The third-order valence-corrected chi connectivity index (χ3v) is 4.84. The van der Waals surface area contributed by atoms with E-state index in [1.165, 1.54) is 11.3 Å². The molecule has 0 saturated carbocycles. The van der Waals surface area contributed by atoms with Crippen molar-refractivity contribution in [2.75, 3.05) is 14.1 Å². The molecule has 3 rings (SSSR count). The van der Waals surface area contributed by atoms with E-state index in [1.807, 2.05) is 25.2 Å². The fourth-order valence-electron chi connectivity index (χ4n) is 2.57. The third-order valence-electron chi connectivity index (χ3n) is 3.67. The molecule has 0 spiro atoms. The van der Waals surface area contributed by atoms with Gasteiger partial charge in [-0.2, -0.15) is 0 Å². The quantitative estimate of drug-likeness (QED) is 0.852. The molecule has 1 aliphatic carbocycles. The van der Waals surface area contributed by atoms with Gasteiger partial charge in [-0.15, -0.1) is 11.3 Å². The number of thiophene rings is 1. The van der Waals surface area contributed by atoms with Crippen LogP contribution in [-0.2, 0) is 13.5 Å². The maximum atomic E-state index is 12.6. The van der Waals surface area contributed by atoms with Gasteiger partial charge in [0.15, 0.2) is 5.78 Å². The molecule has 5 nitrogen and oxygen atoms in total. The van der Waals surface area contributed by atoms with Crippen molar-refractivity contribution in [3.63, 3.8) is 0 Å². The number of fused-ring (bicyclic) bond motifs is 3. The van der Waals surface area contributed by atoms with E-state index in [1.54, 1.807) is 17.7 Å². The summed E-state index contributed by atoms with van der Waals surface area (Å²) >= 11 is 1.36. The molecule has 110 valence electrons. The SMILES string of the molecule is CN(C)/C=C/c1nc2sc3c(c2c(=O)n1C)CCCC3=O. The minimum atomic E-state index is -0.0643. The molecule has 0 N–H and O–H groups in total. The van der Waals surface area contributed by atoms with Crippen molar-refractivity contribution >= 4 is 33.4 Å². The van der Waals surface area contributed by atoms with E-state index in [0.29, 0.717) is 22.5 Å². The molecule has 0 aliphatic heterocycles. The summed E-state index contributed by atoms with van der Waals surface area (Å²) in [6.45, 7) is 0. The second kappa shape index (κ2) is 5.11. The number of carbonyl (C=O) groups excluding carboxylic acids is 1. The molecule has 2 aromatic rings. The van der Waals surface area contributed by atoms with Crippen molar-refractivity contribution in [1.29, 1.82) is 0 Å². The Labute approximate surface area is 126 Å². The maximum absolute atomic E-state index is 12.6. The second-order valence-electron chi connectivity index (χ2n) is 5.48. The number of nitrogens with zero attached hydrogens (tertiary/aromatic N) is 3. The standard InChI is InChI=1S/C15H17N3O2S/c1-17(2)8-7-11-16-14-12(15(20)18(11)3)9-5-4-6-10(19)13(9)21-14/h7-8H,4-6H2,1-3H3/b8-7+. The topological polar surface area (TPSA) is 55.2 Å². The van der Waals surface area contributed by atoms with Crippen LogP contribution in [0.25, 0.3) is 16.3 Å². The Hall–Kier alpha value is -1.95. The lowest BCUT2D eigenvalue weighted by Gasteiger charge is -2.09. The number of carbonyl (C=O) groups is 1. The van der Waals surface area contributed by atoms with Crippen molar-refractivity contribution in [2.24, 2.45) is 7.05 Å². The van der Waals surface area contributed by atoms with Gasteiger partial charge in [0, 0.05) is 33.8 Å². The van der Waals surface area contributed by atoms with E-state index in [9.17, 15) is 9.59 Å². The molecular formula is C15H17N3O2S. The smallest absolute Gasteiger partial charge is 0.262 e. The maximum Gasteiger partial charge on any atom is 0.262 e. The molecule has 21 heavy (non-hydrogen) atoms. The van der Waals surface area contributed by atoms with E-state index in [2.05, 4.69) is 4.98 Å². The Morgan fingerprint density at radius 3 is 2.76 bits per heavy atom. The number of ketones is 1. The van der Waals surface area contributed by atoms with Gasteiger partial charge in [0.05, 0.1) is 10.3 Å². The number of aryl methyl sites for hydroxylation is 1. The first-order chi connectivity index (χ1) is 9.99. The van der Waals surface area contributed by atoms with Crippen LogP contribution in [0.1, 0.15) is 33.9 Å². The highest BCUT2D eigenvalue weighted by molar-refractivity contribution is 7.20. The highest BCUT2D eigenvalue weighted by Crippen LogP contribution is 2.33. The highest BCUT2D eigenvalue weighted by atomic mass is 32.1. The van der Waals surface area contributed by atoms with Gasteiger partial charge in [0.1, 0.15) is 10.7 Å². The van der Waals surface area contributed by atoms with Crippen LogP contribution in [0.2, 0.25) is 0 Å². The summed E-state index contributed by atoms with van der Waals surface area (Å²) in [6, 6.07) is 0. The lowest BCUT2D eigenvalue weighted by molar-refractivity contribution is 0.0977. The number of Topliss-reactive ketones (excluding diaryl/α,β-unsaturated/α-hetero) is 1. The lowest BCUT2D eigenvalue weighted by atomic mass is 9.96. The van der Waals surface area contributed by atoms with E-state index >= 15 is 0 Å². The summed E-state index contributed by atoms with van der Waals surface area (Å²) in [5.41, 5.74) is 0.841. The van der Waals surface area contributed by atoms with Gasteiger partial charge in [-0.3, -0.25) is 14.2 Å². The van der Waals surface area contributed by atoms with Crippen LogP contribution in [-0.4, -0.2) is 34.3 Å². The summed E-state index contributed by atoms with van der Waals surface area (Å²) in [7, 11) is 5.55. The molecule has 0 aromatic carbocycles. The molecule has 1 aliphatic rings. The van der Waals surface area contributed by atoms with E-state index in [0.717, 1.165) is 23.3 Å². The summed E-state index contributed by atoms with van der Waals surface area (Å²) in [5, 5.41) is 0.632. The number of hydrogen-bond acceptors (Lipinski definition) is 5. The van der Waals surface area contributed by atoms with Crippen LogP contribution in [0.5, 0.6) is 0 Å². The van der Waals surface area contributed by atoms with Crippen LogP contribution < -0.4 is 5.56 Å². The van der Waals surface area contributed by atoms with Crippen LogP contribution >= 0.6 is 11.3 Å². The number of aromatic nitrogens is 2. The van der Waals surface area contributed by atoms with Gasteiger partial charge in [0.2, 0.25) is 0 Å². The zero-order valence-electron chi connectivity index (χ0n) is 12.3. The van der Waals surface area contributed by atoms with Crippen molar-refractivity contribution in [3.8, 4) is 0 Å². The van der Waals surface area contributed by atoms with Crippen LogP contribution in [0.4, 0.5) is 0 Å². The van der Waals surface area contributed by atoms with Crippen LogP contribution in [0.15, 0.2) is 11.0 Å². The molecule has 0 saturated heterocycles. The third kappa shape index (κ3) is 2.29. The predicted octanol–water partition coefficient (Wildman–Crippen LogP) is 2.05. The molecule has 2 aromatic heterocycles. The average Bonchev–Trinajstić information content (AvgIpc) is 2.81. The molecule has 0 atom stereocenters. The van der Waals surface area contributed by atoms with Crippen molar-refractivity contribution in [3.05, 3.63) is 32.8 Å². The second-order valence-corrected chi connectivity index (χ2v) is 6.48. The fourth-order valence-corrected chi connectivity index (χ4v) is 3.76. The largest absolute Gasteiger partial charge is 0.383 e. The van der Waals surface area contributed by atoms with Crippen LogP contribution in [0.3, 0.4) is 0 Å². The van der Waals surface area contributed by atoms with Gasteiger partial charge >= 0.3 is 0 Å². The Bertz CT molecular complexity index is 814. The van der Waals surface area contributed by atoms with Crippen molar-refractivity contribution in [1.82, 2.24) is 14.5 Å². The molecule has 0 radical (unpaired) electrons. The van der Waals surface area contributed by atoms with Gasteiger partial charge in [-0.25, -0.2) is 4.98 Å². The summed E-state index contributed by atoms with van der Waals surface area (Å²) in [5.74, 6) is 0.749. The van der Waals surface area contributed by atoms with E-state index in [-0.39, 0.29) is 11.3 Å². The first-order valence-electron chi connectivity index (χ1n) is 6.89. The predicted molar refractivity (Wildman–Crippen MR) is 84.9 cm³/mol. The molecular weight excluding hydrogens is 286 g/mol. The first kappa shape index (κ1) is 14.0. The summed E-state index contributed by atoms with van der Waals surface area (Å²) in [4.78, 5) is 32.5. The molecule has 0 unspecified atom stereocenters. The lowest BCUT2D eigenvalue weighted by Crippen LogP contribution is -2.21. The van der Waals surface area contributed by atoms with E-state index < -0.39 is 0 Å². The van der Waals surface area contributed by atoms with Gasteiger partial charge in [-0.1, -0.05) is 0 Å². The molecule has 2 heterocycles. The Morgan fingerprint density at radius 2 is 2.05 bits per heavy atom. The fraction of sp³-hybridized carbons (Fsp3) is 0.400. The highest BCUT2D eigenvalue weighted by Gasteiger charge is 2.25. The normalized spacial score (nSPS) is 14.9. The van der Waals surface area contributed by atoms with E-state index in [4.69, 9.17) is 0 Å². The number of hydrogen-bond donors (Lipinski definition) is 0. The van der Waals surface area contributed by atoms with Crippen LogP contribution in [0, 0.1) is 0 Å². The monoisotopic (exact) mass is 303 g/mol. The Kier molecular flexibility index (Phi) is 3.41. The first-order valence-corrected chi connectivity index (χ1v) is 7.71. The summed E-state index contributed by atoms with van der Waals surface area (Å²) < 4.78 is 1.55. The Morgan fingerprint density at radius 1 is 1.29 bits per heavy atom. The molecule has 6 heteroatoms. The average molecular weight is 303 g/mol. The molecule has 0 fully saturated rings. The van der Waals surface area contributed by atoms with Gasteiger partial charge in [-0.05, 0) is 24.5 Å². The zero-order chi connectivity index (χ0) is 15.1. The Balaban J connectivity index is 2.26. The molecule has 0 amide bonds. The number of rotatable bonds is 2. The van der Waals surface area contributed by atoms with Crippen molar-refractivity contribution in [2.45, 2.75) is 19.3 Å². The minimum Gasteiger partial charge on any atom is -0.383 e. The zero-order valence-corrected chi connectivity index (χ0v) is 13.2.